The van der Waals surface area contributed by atoms with E-state index in [2.05, 4.69) is 5.10 Å². The van der Waals surface area contributed by atoms with E-state index < -0.39 is 17.8 Å². The first-order valence-electron chi connectivity index (χ1n) is 9.94. The van der Waals surface area contributed by atoms with Crippen LogP contribution in [0.2, 0.25) is 0 Å². The molecule has 0 spiro atoms. The molecule has 3 rings (SSSR count). The van der Waals surface area contributed by atoms with Gasteiger partial charge in [0.15, 0.2) is 23.8 Å². The van der Waals surface area contributed by atoms with Crippen molar-refractivity contribution in [2.45, 2.75) is 6.92 Å². The monoisotopic (exact) mass is 453 g/mol. The van der Waals surface area contributed by atoms with Crippen LogP contribution in [0.5, 0.6) is 11.5 Å². The highest BCUT2D eigenvalue weighted by molar-refractivity contribution is 6.06. The van der Waals surface area contributed by atoms with Gasteiger partial charge in [0.1, 0.15) is 11.3 Å². The summed E-state index contributed by atoms with van der Waals surface area (Å²) >= 11 is 0. The first-order chi connectivity index (χ1) is 15.9. The van der Waals surface area contributed by atoms with Gasteiger partial charge >= 0.3 is 11.9 Å². The summed E-state index contributed by atoms with van der Waals surface area (Å²) in [6.45, 7) is 1.76. The van der Waals surface area contributed by atoms with Crippen LogP contribution in [0.25, 0.3) is 16.9 Å². The number of methoxy groups -OCH3 is 2. The van der Waals surface area contributed by atoms with Gasteiger partial charge in [-0.05, 0) is 37.3 Å². The highest BCUT2D eigenvalue weighted by Crippen LogP contribution is 2.35. The van der Waals surface area contributed by atoms with Crippen LogP contribution in [-0.2, 0) is 14.3 Å². The second kappa shape index (κ2) is 10.3. The molecule has 10 heteroatoms. The van der Waals surface area contributed by atoms with Crippen LogP contribution >= 0.6 is 0 Å². The minimum absolute atomic E-state index is 0.0681. The average Bonchev–Trinajstić information content (AvgIpc) is 3.23. The minimum Gasteiger partial charge on any atom is -0.490 e. The highest BCUT2D eigenvalue weighted by Gasteiger charge is 2.31. The summed E-state index contributed by atoms with van der Waals surface area (Å²) in [6, 6.07) is 13.6. The van der Waals surface area contributed by atoms with Crippen LogP contribution in [0.3, 0.4) is 0 Å². The predicted molar refractivity (Wildman–Crippen MR) is 118 cm³/mol. The lowest BCUT2D eigenvalue weighted by molar-refractivity contribution is -0.119. The van der Waals surface area contributed by atoms with Gasteiger partial charge in [-0.25, -0.2) is 14.3 Å². The molecular formula is C23H23N3O7. The number of nitrogens with zero attached hydrogens (tertiary/aromatic N) is 2. The summed E-state index contributed by atoms with van der Waals surface area (Å²) in [7, 11) is 2.42. The van der Waals surface area contributed by atoms with E-state index >= 15 is 0 Å². The summed E-state index contributed by atoms with van der Waals surface area (Å²) in [5.74, 6) is -1.57. The Morgan fingerprint density at radius 3 is 2.24 bits per heavy atom. The van der Waals surface area contributed by atoms with Gasteiger partial charge in [0, 0.05) is 5.56 Å². The smallest absolute Gasteiger partial charge is 0.357 e. The molecule has 2 N–H and O–H groups in total. The summed E-state index contributed by atoms with van der Waals surface area (Å²) < 4.78 is 22.2. The molecule has 1 amide bonds. The van der Waals surface area contributed by atoms with Gasteiger partial charge in [0.25, 0.3) is 5.91 Å². The van der Waals surface area contributed by atoms with E-state index in [0.717, 1.165) is 0 Å². The Labute approximate surface area is 189 Å². The molecular weight excluding hydrogens is 430 g/mol. The van der Waals surface area contributed by atoms with E-state index in [1.165, 1.54) is 18.9 Å². The molecule has 0 aliphatic heterocycles. The normalized spacial score (nSPS) is 10.4. The molecule has 0 aliphatic rings. The van der Waals surface area contributed by atoms with Gasteiger partial charge in [-0.3, -0.25) is 4.79 Å². The number of carbonyl (C=O) groups is 3. The van der Waals surface area contributed by atoms with Crippen molar-refractivity contribution >= 4 is 17.8 Å². The second-order valence-electron chi connectivity index (χ2n) is 6.65. The lowest BCUT2D eigenvalue weighted by Gasteiger charge is -2.12. The number of aromatic nitrogens is 2. The number of rotatable bonds is 9. The standard InChI is InChI=1S/C23H23N3O7/c1-4-32-17-12-14(10-11-16(17)33-13-18(24)27)20-19(22(28)30-2)21(23(29)31-3)26(25-20)15-8-6-5-7-9-15/h5-12H,4,13H2,1-3H3,(H2,24,27). The third-order valence-electron chi connectivity index (χ3n) is 4.54. The molecule has 1 heterocycles. The molecule has 172 valence electrons. The lowest BCUT2D eigenvalue weighted by Crippen LogP contribution is -2.20. The van der Waals surface area contributed by atoms with E-state index in [1.54, 1.807) is 49.4 Å². The maximum atomic E-state index is 12.8. The van der Waals surface area contributed by atoms with Crippen molar-refractivity contribution < 1.29 is 33.3 Å². The molecule has 33 heavy (non-hydrogen) atoms. The zero-order valence-corrected chi connectivity index (χ0v) is 18.4. The Hall–Kier alpha value is -4.34. The van der Waals surface area contributed by atoms with E-state index in [9.17, 15) is 14.4 Å². The Morgan fingerprint density at radius 1 is 0.939 bits per heavy atom. The van der Waals surface area contributed by atoms with Crippen molar-refractivity contribution in [3.05, 3.63) is 59.8 Å². The first-order valence-corrected chi connectivity index (χ1v) is 9.94. The van der Waals surface area contributed by atoms with Gasteiger partial charge in [-0.2, -0.15) is 5.10 Å². The molecule has 3 aromatic rings. The number of para-hydroxylation sites is 1. The molecule has 0 fully saturated rings. The summed E-state index contributed by atoms with van der Waals surface area (Å²) in [5, 5.41) is 4.54. The van der Waals surface area contributed by atoms with Crippen LogP contribution in [0.1, 0.15) is 27.8 Å². The minimum atomic E-state index is -0.764. The maximum absolute atomic E-state index is 12.8. The number of esters is 2. The van der Waals surface area contributed by atoms with Crippen molar-refractivity contribution in [2.24, 2.45) is 5.73 Å². The molecule has 0 atom stereocenters. The number of nitrogens with two attached hydrogens (primary N) is 1. The van der Waals surface area contributed by atoms with E-state index in [1.807, 2.05) is 6.07 Å². The SMILES string of the molecule is CCOc1cc(-c2nn(-c3ccccc3)c(C(=O)OC)c2C(=O)OC)ccc1OCC(N)=O. The van der Waals surface area contributed by atoms with E-state index in [4.69, 9.17) is 24.7 Å². The summed E-state index contributed by atoms with van der Waals surface area (Å²) in [4.78, 5) is 36.5. The molecule has 2 aromatic carbocycles. The molecule has 0 saturated carbocycles. The van der Waals surface area contributed by atoms with Crippen molar-refractivity contribution in [1.82, 2.24) is 9.78 Å². The fourth-order valence-corrected chi connectivity index (χ4v) is 3.15. The number of carbonyl (C=O) groups excluding carboxylic acids is 3. The van der Waals surface area contributed by atoms with Gasteiger partial charge in [-0.1, -0.05) is 18.2 Å². The van der Waals surface area contributed by atoms with Crippen molar-refractivity contribution in [2.75, 3.05) is 27.4 Å². The molecule has 0 aliphatic carbocycles. The maximum Gasteiger partial charge on any atom is 0.357 e. The van der Waals surface area contributed by atoms with Crippen LogP contribution < -0.4 is 15.2 Å². The molecule has 10 nitrogen and oxygen atoms in total. The Kier molecular flexibility index (Phi) is 7.29. The third-order valence-corrected chi connectivity index (χ3v) is 4.54. The fourth-order valence-electron chi connectivity index (χ4n) is 3.15. The van der Waals surface area contributed by atoms with E-state index in [0.29, 0.717) is 23.6 Å². The zero-order valence-electron chi connectivity index (χ0n) is 18.4. The average molecular weight is 453 g/mol. The third kappa shape index (κ3) is 4.95. The Balaban J connectivity index is 2.24. The van der Waals surface area contributed by atoms with Crippen molar-refractivity contribution in [3.63, 3.8) is 0 Å². The lowest BCUT2D eigenvalue weighted by atomic mass is 10.0. The van der Waals surface area contributed by atoms with E-state index in [-0.39, 0.29) is 29.3 Å². The van der Waals surface area contributed by atoms with Crippen LogP contribution in [0.4, 0.5) is 0 Å². The number of hydrogen-bond donors (Lipinski definition) is 1. The zero-order chi connectivity index (χ0) is 24.0. The van der Waals surface area contributed by atoms with Gasteiger partial charge in [-0.15, -0.1) is 0 Å². The van der Waals surface area contributed by atoms with Crippen LogP contribution in [0.15, 0.2) is 48.5 Å². The van der Waals surface area contributed by atoms with Crippen molar-refractivity contribution in [3.8, 4) is 28.4 Å². The van der Waals surface area contributed by atoms with Gasteiger partial charge < -0.3 is 24.7 Å². The predicted octanol–water partition coefficient (Wildman–Crippen LogP) is 2.38. The number of ether oxygens (including phenoxy) is 4. The van der Waals surface area contributed by atoms with Gasteiger partial charge in [0.05, 0.1) is 26.5 Å². The molecule has 0 saturated heterocycles. The molecule has 0 radical (unpaired) electrons. The summed E-state index contributed by atoms with van der Waals surface area (Å²) in [5.41, 5.74) is 6.17. The molecule has 0 bridgehead atoms. The summed E-state index contributed by atoms with van der Waals surface area (Å²) in [6.07, 6.45) is 0. The number of hydrogen-bond acceptors (Lipinski definition) is 8. The first kappa shape index (κ1) is 23.3. The van der Waals surface area contributed by atoms with Crippen LogP contribution in [0, 0.1) is 0 Å². The van der Waals surface area contributed by atoms with Crippen molar-refractivity contribution in [1.29, 1.82) is 0 Å². The quantitative estimate of drug-likeness (QED) is 0.489. The van der Waals surface area contributed by atoms with Gasteiger partial charge in [0.2, 0.25) is 0 Å². The molecule has 0 unspecified atom stereocenters. The second-order valence-corrected chi connectivity index (χ2v) is 6.65. The fraction of sp³-hybridized carbons (Fsp3) is 0.217. The number of benzene rings is 2. The van der Waals surface area contributed by atoms with Crippen LogP contribution in [-0.4, -0.2) is 55.1 Å². The highest BCUT2D eigenvalue weighted by atomic mass is 16.5. The Morgan fingerprint density at radius 2 is 1.64 bits per heavy atom. The number of amides is 1. The largest absolute Gasteiger partial charge is 0.490 e. The Bertz CT molecular complexity index is 1170. The molecule has 1 aromatic heterocycles. The topological polar surface area (TPSA) is 132 Å². The number of primary amides is 1.